The first-order valence-corrected chi connectivity index (χ1v) is 17.3. The highest BCUT2D eigenvalue weighted by molar-refractivity contribution is 5.49. The lowest BCUT2D eigenvalue weighted by atomic mass is 9.44. The molecule has 10 heteroatoms. The minimum absolute atomic E-state index is 0.0557. The smallest absolute Gasteiger partial charge is 0.200 e. The van der Waals surface area contributed by atoms with Gasteiger partial charge in [0.25, 0.3) is 0 Å². The van der Waals surface area contributed by atoms with Crippen LogP contribution in [-0.2, 0) is 18.9 Å². The van der Waals surface area contributed by atoms with Gasteiger partial charge >= 0.3 is 0 Å². The van der Waals surface area contributed by atoms with E-state index in [1.165, 1.54) is 5.57 Å². The van der Waals surface area contributed by atoms with E-state index in [0.717, 1.165) is 25.7 Å². The summed E-state index contributed by atoms with van der Waals surface area (Å²) in [5, 5.41) is 66.9. The Morgan fingerprint density at radius 3 is 2.40 bits per heavy atom. The minimum atomic E-state index is -1.33. The molecular weight excluding hydrogens is 580 g/mol. The van der Waals surface area contributed by atoms with Crippen molar-refractivity contribution >= 4 is 0 Å². The molecule has 254 valence electrons. The van der Waals surface area contributed by atoms with Crippen molar-refractivity contribution in [1.82, 2.24) is 0 Å². The molecule has 3 heterocycles. The molecule has 3 spiro atoms. The molecule has 0 amide bonds. The Balaban J connectivity index is 1.15. The third-order valence-electron chi connectivity index (χ3n) is 15.3. The molecule has 10 nitrogen and oxygen atoms in total. The average molecular weight is 635 g/mol. The van der Waals surface area contributed by atoms with Gasteiger partial charge in [0.05, 0.1) is 30.5 Å². The average Bonchev–Trinajstić information content (AvgIpc) is 3.44. The van der Waals surface area contributed by atoms with E-state index in [-0.39, 0.29) is 52.8 Å². The van der Waals surface area contributed by atoms with Crippen LogP contribution in [0.3, 0.4) is 0 Å². The lowest BCUT2D eigenvalue weighted by Crippen LogP contribution is -2.61. The molecule has 0 aromatic carbocycles. The van der Waals surface area contributed by atoms with E-state index in [9.17, 15) is 30.6 Å². The minimum Gasteiger partial charge on any atom is -0.392 e. The van der Waals surface area contributed by atoms with E-state index in [1.54, 1.807) is 13.8 Å². The fourth-order valence-electron chi connectivity index (χ4n) is 13.2. The van der Waals surface area contributed by atoms with Crippen molar-refractivity contribution in [2.24, 2.45) is 44.8 Å². The fraction of sp³-hybridized carbons (Fsp3) is 0.943. The molecule has 4 saturated carbocycles. The highest BCUT2D eigenvalue weighted by atomic mass is 16.8. The summed E-state index contributed by atoms with van der Waals surface area (Å²) in [6.07, 6.45) is -0.571. The molecule has 7 fully saturated rings. The number of hydrogen-bond donors (Lipinski definition) is 6. The third-order valence-corrected chi connectivity index (χ3v) is 15.3. The number of aliphatic hydroxyl groups is 6. The lowest BCUT2D eigenvalue weighted by molar-refractivity contribution is -0.301. The zero-order valence-corrected chi connectivity index (χ0v) is 27.8. The van der Waals surface area contributed by atoms with Gasteiger partial charge in [-0.3, -0.25) is 0 Å². The van der Waals surface area contributed by atoms with E-state index in [1.807, 2.05) is 0 Å². The van der Waals surface area contributed by atoms with Crippen LogP contribution in [0.25, 0.3) is 0 Å². The van der Waals surface area contributed by atoms with Crippen molar-refractivity contribution in [1.29, 1.82) is 0 Å². The van der Waals surface area contributed by atoms with Gasteiger partial charge in [-0.25, -0.2) is 0 Å². The second-order valence-corrected chi connectivity index (χ2v) is 17.9. The molecule has 8 aliphatic rings. The van der Waals surface area contributed by atoms with Gasteiger partial charge in [-0.2, -0.15) is 0 Å². The largest absolute Gasteiger partial charge is 0.392 e. The van der Waals surface area contributed by atoms with Gasteiger partial charge in [0.15, 0.2) is 12.1 Å². The molecular formula is C35H54O10. The molecule has 8 rings (SSSR count). The lowest BCUT2D eigenvalue weighted by Gasteiger charge is -2.61. The molecule has 2 bridgehead atoms. The second kappa shape index (κ2) is 9.11. The Kier molecular flexibility index (Phi) is 6.40. The molecule has 3 saturated heterocycles. The zero-order chi connectivity index (χ0) is 32.5. The van der Waals surface area contributed by atoms with Crippen molar-refractivity contribution in [3.63, 3.8) is 0 Å². The van der Waals surface area contributed by atoms with Crippen molar-refractivity contribution in [2.45, 2.75) is 154 Å². The Hall–Kier alpha value is -0.660. The van der Waals surface area contributed by atoms with Gasteiger partial charge in [-0.05, 0) is 75.0 Å². The van der Waals surface area contributed by atoms with Crippen LogP contribution in [0.2, 0.25) is 0 Å². The quantitative estimate of drug-likeness (QED) is 0.254. The number of ether oxygens (including phenoxy) is 4. The summed E-state index contributed by atoms with van der Waals surface area (Å²) < 4.78 is 25.5. The van der Waals surface area contributed by atoms with E-state index < -0.39 is 65.1 Å². The van der Waals surface area contributed by atoms with E-state index in [0.29, 0.717) is 12.8 Å². The number of fused-ring (bicyclic) bond motifs is 4. The summed E-state index contributed by atoms with van der Waals surface area (Å²) in [5.41, 5.74) is -2.00. The Morgan fingerprint density at radius 2 is 1.71 bits per heavy atom. The van der Waals surface area contributed by atoms with E-state index >= 15 is 0 Å². The predicted octanol–water partition coefficient (Wildman–Crippen LogP) is 2.01. The molecule has 17 atom stereocenters. The van der Waals surface area contributed by atoms with Crippen LogP contribution < -0.4 is 0 Å². The number of aliphatic hydroxyl groups excluding tert-OH is 5. The number of allylic oxidation sites excluding steroid dienone is 1. The van der Waals surface area contributed by atoms with Crippen LogP contribution in [0.4, 0.5) is 0 Å². The predicted molar refractivity (Wildman–Crippen MR) is 160 cm³/mol. The Labute approximate surface area is 266 Å². The molecule has 2 unspecified atom stereocenters. The third kappa shape index (κ3) is 3.46. The van der Waals surface area contributed by atoms with E-state index in [4.69, 9.17) is 18.9 Å². The van der Waals surface area contributed by atoms with Gasteiger partial charge in [-0.1, -0.05) is 46.3 Å². The summed E-state index contributed by atoms with van der Waals surface area (Å²) in [7, 11) is 0. The fourth-order valence-corrected chi connectivity index (χ4v) is 13.2. The van der Waals surface area contributed by atoms with E-state index in [2.05, 4.69) is 40.7 Å². The van der Waals surface area contributed by atoms with Gasteiger partial charge in [0, 0.05) is 22.2 Å². The topological polar surface area (TPSA) is 158 Å². The molecule has 45 heavy (non-hydrogen) atoms. The van der Waals surface area contributed by atoms with Crippen LogP contribution in [0.1, 0.15) is 87.0 Å². The molecule has 0 radical (unpaired) electrons. The molecule has 0 aromatic heterocycles. The molecule has 3 aliphatic heterocycles. The number of rotatable bonds is 3. The van der Waals surface area contributed by atoms with Crippen LogP contribution in [0, 0.1) is 44.8 Å². The van der Waals surface area contributed by atoms with Crippen LogP contribution in [0.5, 0.6) is 0 Å². The second-order valence-electron chi connectivity index (χ2n) is 17.9. The van der Waals surface area contributed by atoms with Gasteiger partial charge in [-0.15, -0.1) is 0 Å². The van der Waals surface area contributed by atoms with Crippen molar-refractivity contribution < 1.29 is 49.6 Å². The summed E-state index contributed by atoms with van der Waals surface area (Å²) in [6, 6.07) is 0. The highest BCUT2D eigenvalue weighted by Gasteiger charge is 2.88. The maximum absolute atomic E-state index is 12.6. The maximum Gasteiger partial charge on any atom is 0.200 e. The number of hydrogen-bond acceptors (Lipinski definition) is 10. The molecule has 5 aliphatic carbocycles. The SMILES string of the molecule is C[C@@H]1C[C@H]2O[C@]3(O[C@@H]2C(C)(C)O)C1C1(C)[C@H](O)C[C@@]24C[C@@]25CC[C@H](O[C@@H]2OC[C@@H](O)[C@H](O)[C@H]2O)C(C)(C)[C@@H]5CC=C4[C@]1(C)[C@H]3O. The maximum atomic E-state index is 12.6. The standard InChI is InChI=1S/C35H54O10/c1-16-12-18-26(30(4,5)41)45-35(44-18)25(16)32(7)21(37)13-34-15-33(34)11-10-22(43-27-24(39)23(38)17(36)14-42-27)29(2,3)19(33)8-9-20(34)31(32,6)28(35)40/h9,16-19,21-28,36-41H,8,10-15H2,1-7H3/t16-,17-,18-,19+,21-,22+,23+,24-,25?,26+,27+,28-,31-,32?,33-,34+,35+/m1/s1. The summed E-state index contributed by atoms with van der Waals surface area (Å²) in [6.45, 7) is 14.3. The van der Waals surface area contributed by atoms with Gasteiger partial charge < -0.3 is 49.6 Å². The van der Waals surface area contributed by atoms with Crippen molar-refractivity contribution in [3.05, 3.63) is 11.6 Å². The Bertz CT molecular complexity index is 1300. The van der Waals surface area contributed by atoms with Gasteiger partial charge in [0.1, 0.15) is 30.5 Å². The first kappa shape index (κ1) is 31.6. The summed E-state index contributed by atoms with van der Waals surface area (Å²) >= 11 is 0. The molecule has 0 aromatic rings. The normalized spacial score (nSPS) is 61.0. The van der Waals surface area contributed by atoms with Crippen molar-refractivity contribution in [3.8, 4) is 0 Å². The summed E-state index contributed by atoms with van der Waals surface area (Å²) in [4.78, 5) is 0. The highest BCUT2D eigenvalue weighted by Crippen LogP contribution is 2.89. The van der Waals surface area contributed by atoms with Crippen LogP contribution in [-0.4, -0.2) is 104 Å². The van der Waals surface area contributed by atoms with Crippen LogP contribution >= 0.6 is 0 Å². The summed E-state index contributed by atoms with van der Waals surface area (Å²) in [5.74, 6) is -1.18. The monoisotopic (exact) mass is 634 g/mol. The van der Waals surface area contributed by atoms with Crippen LogP contribution in [0.15, 0.2) is 11.6 Å². The van der Waals surface area contributed by atoms with Gasteiger partial charge in [0.2, 0.25) is 0 Å². The molecule has 6 N–H and O–H groups in total. The first-order chi connectivity index (χ1) is 20.8. The Morgan fingerprint density at radius 1 is 1.00 bits per heavy atom. The zero-order valence-electron chi connectivity index (χ0n) is 27.8. The first-order valence-electron chi connectivity index (χ1n) is 17.3. The van der Waals surface area contributed by atoms with Crippen molar-refractivity contribution in [2.75, 3.05) is 6.61 Å².